The third-order valence-electron chi connectivity index (χ3n) is 10.1. The Morgan fingerprint density at radius 3 is 1.49 bits per heavy atom. The van der Waals surface area contributed by atoms with E-state index >= 15 is 0 Å². The number of rotatable bonds is 39. The zero-order valence-electron chi connectivity index (χ0n) is 34.0. The predicted molar refractivity (Wildman–Crippen MR) is 218 cm³/mol. The van der Waals surface area contributed by atoms with Gasteiger partial charge in [-0.3, -0.25) is 9.59 Å². The van der Waals surface area contributed by atoms with E-state index in [1.807, 2.05) is 0 Å². The van der Waals surface area contributed by atoms with E-state index in [4.69, 9.17) is 4.74 Å². The Hall–Kier alpha value is -1.66. The van der Waals surface area contributed by atoms with Gasteiger partial charge in [-0.15, -0.1) is 0 Å². The Balaban J connectivity index is 4.46. The van der Waals surface area contributed by atoms with Crippen molar-refractivity contribution in [3.63, 3.8) is 0 Å². The maximum Gasteiger partial charge on any atom is 0.306 e. The lowest BCUT2D eigenvalue weighted by Gasteiger charge is -2.24. The molecule has 0 bridgehead atoms. The van der Waals surface area contributed by atoms with Gasteiger partial charge in [-0.2, -0.15) is 0 Å². The molecule has 0 aliphatic carbocycles. The summed E-state index contributed by atoms with van der Waals surface area (Å²) in [7, 11) is 0. The van der Waals surface area contributed by atoms with E-state index in [1.54, 1.807) is 0 Å². The highest BCUT2D eigenvalue weighted by Gasteiger charge is 2.24. The van der Waals surface area contributed by atoms with Crippen molar-refractivity contribution in [3.8, 4) is 0 Å². The van der Waals surface area contributed by atoms with Crippen LogP contribution in [0.5, 0.6) is 0 Å². The minimum Gasteiger partial charge on any atom is -0.462 e. The molecule has 0 aliphatic heterocycles. The van der Waals surface area contributed by atoms with Crippen LogP contribution in [0.25, 0.3) is 0 Å². The summed E-state index contributed by atoms with van der Waals surface area (Å²) >= 11 is 0. The van der Waals surface area contributed by atoms with Crippen molar-refractivity contribution >= 4 is 11.9 Å². The first kappa shape index (κ1) is 49.3. The predicted octanol–water partition coefficient (Wildman–Crippen LogP) is 12.4. The van der Waals surface area contributed by atoms with E-state index in [2.05, 4.69) is 50.4 Å². The molecule has 0 heterocycles. The minimum atomic E-state index is -0.782. The lowest BCUT2D eigenvalue weighted by molar-refractivity contribution is -0.151. The van der Waals surface area contributed by atoms with Gasteiger partial charge in [0.05, 0.1) is 25.2 Å². The molecule has 0 aliphatic rings. The number of carbonyl (C=O) groups excluding carboxylic acids is 2. The van der Waals surface area contributed by atoms with Crippen LogP contribution in [0.3, 0.4) is 0 Å². The first-order chi connectivity index (χ1) is 25.0. The monoisotopic (exact) mass is 720 g/mol. The molecular formula is C45H85NO5. The summed E-state index contributed by atoms with van der Waals surface area (Å²) < 4.78 is 5.86. The number of aliphatic hydroxyl groups is 2. The second-order valence-electron chi connectivity index (χ2n) is 15.1. The van der Waals surface area contributed by atoms with E-state index < -0.39 is 18.2 Å². The quantitative estimate of drug-likeness (QED) is 0.0334. The number of carbonyl (C=O) groups is 2. The summed E-state index contributed by atoms with van der Waals surface area (Å²) in [4.78, 5) is 25.8. The summed E-state index contributed by atoms with van der Waals surface area (Å²) in [5.74, 6) is -0.488. The molecule has 0 aromatic heterocycles. The number of amides is 1. The summed E-state index contributed by atoms with van der Waals surface area (Å²) in [6.07, 6.45) is 42.4. The highest BCUT2D eigenvalue weighted by Crippen LogP contribution is 2.17. The molecule has 6 nitrogen and oxygen atoms in total. The van der Waals surface area contributed by atoms with Crippen LogP contribution in [0.2, 0.25) is 0 Å². The number of hydrogen-bond acceptors (Lipinski definition) is 5. The fourth-order valence-corrected chi connectivity index (χ4v) is 6.66. The number of nitrogens with one attached hydrogen (secondary N) is 1. The molecule has 51 heavy (non-hydrogen) atoms. The molecule has 3 N–H and O–H groups in total. The molecule has 0 radical (unpaired) electrons. The largest absolute Gasteiger partial charge is 0.462 e. The van der Waals surface area contributed by atoms with Gasteiger partial charge in [0, 0.05) is 6.42 Å². The molecule has 0 fully saturated rings. The zero-order valence-corrected chi connectivity index (χ0v) is 34.0. The first-order valence-electron chi connectivity index (χ1n) is 22.1. The van der Waals surface area contributed by atoms with Crippen LogP contribution in [0.1, 0.15) is 226 Å². The van der Waals surface area contributed by atoms with E-state index in [1.165, 1.54) is 116 Å². The number of hydrogen-bond donors (Lipinski definition) is 3. The van der Waals surface area contributed by atoms with Crippen LogP contribution < -0.4 is 5.32 Å². The topological polar surface area (TPSA) is 95.9 Å². The maximum absolute atomic E-state index is 13.0. The Morgan fingerprint density at radius 1 is 0.569 bits per heavy atom. The van der Waals surface area contributed by atoms with Gasteiger partial charge in [0.15, 0.2) is 0 Å². The van der Waals surface area contributed by atoms with E-state index in [9.17, 15) is 19.8 Å². The fourth-order valence-electron chi connectivity index (χ4n) is 6.66. The molecule has 0 saturated carbocycles. The average molecular weight is 720 g/mol. The summed E-state index contributed by atoms with van der Waals surface area (Å²) in [5.41, 5.74) is 0. The SMILES string of the molecule is CCCCC/C=C/C=C/CCCCCCCCC(=O)OC(CCCCCCCCC)CC(=O)NC(CO)C(O)CCCCCCCCCCCC. The van der Waals surface area contributed by atoms with Crippen LogP contribution in [0, 0.1) is 0 Å². The third-order valence-corrected chi connectivity index (χ3v) is 10.1. The van der Waals surface area contributed by atoms with Crippen molar-refractivity contribution in [2.75, 3.05) is 6.61 Å². The van der Waals surface area contributed by atoms with E-state index in [0.717, 1.165) is 64.2 Å². The van der Waals surface area contributed by atoms with Crippen LogP contribution in [-0.2, 0) is 14.3 Å². The van der Waals surface area contributed by atoms with Gasteiger partial charge in [-0.1, -0.05) is 186 Å². The second-order valence-corrected chi connectivity index (χ2v) is 15.1. The van der Waals surface area contributed by atoms with Gasteiger partial charge in [0.2, 0.25) is 5.91 Å². The molecule has 3 unspecified atom stereocenters. The van der Waals surface area contributed by atoms with Crippen LogP contribution in [0.4, 0.5) is 0 Å². The van der Waals surface area contributed by atoms with Crippen LogP contribution in [0.15, 0.2) is 24.3 Å². The minimum absolute atomic E-state index is 0.0755. The molecule has 0 aromatic carbocycles. The van der Waals surface area contributed by atoms with Gasteiger partial charge in [0.25, 0.3) is 0 Å². The van der Waals surface area contributed by atoms with Gasteiger partial charge in [-0.25, -0.2) is 0 Å². The van der Waals surface area contributed by atoms with Crippen molar-refractivity contribution < 1.29 is 24.5 Å². The normalized spacial score (nSPS) is 13.6. The number of esters is 1. The van der Waals surface area contributed by atoms with Crippen molar-refractivity contribution in [2.24, 2.45) is 0 Å². The van der Waals surface area contributed by atoms with Crippen molar-refractivity contribution in [2.45, 2.75) is 244 Å². The zero-order chi connectivity index (χ0) is 37.5. The molecule has 0 aromatic rings. The van der Waals surface area contributed by atoms with Crippen LogP contribution in [-0.4, -0.2) is 46.9 Å². The van der Waals surface area contributed by atoms with E-state index in [0.29, 0.717) is 19.3 Å². The first-order valence-corrected chi connectivity index (χ1v) is 22.1. The molecule has 6 heteroatoms. The molecule has 1 amide bonds. The summed E-state index contributed by atoms with van der Waals surface area (Å²) in [6, 6.07) is -0.695. The lowest BCUT2D eigenvalue weighted by Crippen LogP contribution is -2.46. The maximum atomic E-state index is 13.0. The van der Waals surface area contributed by atoms with Gasteiger partial charge in [0.1, 0.15) is 6.10 Å². The Bertz CT molecular complexity index is 812. The summed E-state index contributed by atoms with van der Waals surface area (Å²) in [6.45, 7) is 6.39. The Morgan fingerprint density at radius 2 is 0.980 bits per heavy atom. The Labute approximate surface area is 316 Å². The number of aliphatic hydroxyl groups excluding tert-OH is 2. The molecule has 3 atom stereocenters. The van der Waals surface area contributed by atoms with Crippen molar-refractivity contribution in [3.05, 3.63) is 24.3 Å². The molecule has 0 spiro atoms. The molecule has 0 saturated heterocycles. The van der Waals surface area contributed by atoms with Crippen LogP contribution >= 0.6 is 0 Å². The van der Waals surface area contributed by atoms with Crippen molar-refractivity contribution in [1.29, 1.82) is 0 Å². The third kappa shape index (κ3) is 35.2. The standard InChI is InChI=1S/C45H85NO5/c1-4-7-10-13-16-18-20-21-22-23-24-26-29-32-35-38-45(50)51-41(36-33-30-27-15-12-9-6-3)39-44(49)46-42(40-47)43(48)37-34-31-28-25-19-17-14-11-8-5-2/h16,18,20-21,41-43,47-48H,4-15,17,19,22-40H2,1-3H3,(H,46,49)/b18-16+,21-20+. The smallest absolute Gasteiger partial charge is 0.306 e. The second kappa shape index (κ2) is 39.5. The highest BCUT2D eigenvalue weighted by atomic mass is 16.5. The number of allylic oxidation sites excluding steroid dienone is 4. The van der Waals surface area contributed by atoms with Gasteiger partial charge in [-0.05, 0) is 51.4 Å². The fraction of sp³-hybridized carbons (Fsp3) is 0.867. The lowest BCUT2D eigenvalue weighted by atomic mass is 10.0. The average Bonchev–Trinajstić information content (AvgIpc) is 3.12. The van der Waals surface area contributed by atoms with Gasteiger partial charge < -0.3 is 20.3 Å². The summed E-state index contributed by atoms with van der Waals surface area (Å²) in [5, 5.41) is 23.5. The van der Waals surface area contributed by atoms with Gasteiger partial charge >= 0.3 is 5.97 Å². The molecular weight excluding hydrogens is 634 g/mol. The molecule has 300 valence electrons. The van der Waals surface area contributed by atoms with E-state index in [-0.39, 0.29) is 24.9 Å². The number of unbranched alkanes of at least 4 members (excludes halogenated alkanes) is 24. The number of ether oxygens (including phenoxy) is 1. The molecule has 0 rings (SSSR count). The highest BCUT2D eigenvalue weighted by molar-refractivity contribution is 5.77. The van der Waals surface area contributed by atoms with Crippen molar-refractivity contribution in [1.82, 2.24) is 5.32 Å². The Kier molecular flexibility index (Phi) is 38.3.